The lowest BCUT2D eigenvalue weighted by molar-refractivity contribution is -0.118. The Morgan fingerprint density at radius 2 is 2.20 bits per heavy atom. The van der Waals surface area contributed by atoms with Crippen LogP contribution in [0, 0.1) is 5.41 Å². The summed E-state index contributed by atoms with van der Waals surface area (Å²) in [5.74, 6) is 0.676. The molecular weight excluding hydrogens is 270 g/mol. The Morgan fingerprint density at radius 1 is 1.50 bits per heavy atom. The van der Waals surface area contributed by atoms with Crippen molar-refractivity contribution in [2.24, 2.45) is 5.41 Å². The second-order valence-electron chi connectivity index (χ2n) is 6.33. The SMILES string of the molecule is CCC(C)(C)CC(=O)Nc1ncc(C2CCNCC2)s1. The van der Waals surface area contributed by atoms with Gasteiger partial charge in [-0.3, -0.25) is 4.79 Å². The zero-order valence-electron chi connectivity index (χ0n) is 12.7. The summed E-state index contributed by atoms with van der Waals surface area (Å²) in [6, 6.07) is 0. The standard InChI is InChI=1S/C15H25N3OS/c1-4-15(2,3)9-13(19)18-14-17-10-12(20-14)11-5-7-16-8-6-11/h10-11,16H,4-9H2,1-3H3,(H,17,18,19). The molecule has 0 spiro atoms. The third-order valence-corrected chi connectivity index (χ3v) is 5.18. The molecule has 2 heterocycles. The average molecular weight is 295 g/mol. The van der Waals surface area contributed by atoms with Gasteiger partial charge in [-0.15, -0.1) is 11.3 Å². The van der Waals surface area contributed by atoms with Gasteiger partial charge in [0.15, 0.2) is 5.13 Å². The topological polar surface area (TPSA) is 54.0 Å². The zero-order chi connectivity index (χ0) is 14.6. The average Bonchev–Trinajstić information content (AvgIpc) is 2.87. The molecule has 0 unspecified atom stereocenters. The lowest BCUT2D eigenvalue weighted by Crippen LogP contribution is -2.26. The van der Waals surface area contributed by atoms with Crippen LogP contribution in [0.5, 0.6) is 0 Å². The van der Waals surface area contributed by atoms with Gasteiger partial charge in [-0.05, 0) is 37.3 Å². The normalized spacial score (nSPS) is 17.1. The summed E-state index contributed by atoms with van der Waals surface area (Å²) in [5.41, 5.74) is 0.0548. The molecular formula is C15H25N3OS. The van der Waals surface area contributed by atoms with Crippen molar-refractivity contribution >= 4 is 22.4 Å². The van der Waals surface area contributed by atoms with E-state index in [1.807, 2.05) is 6.20 Å². The predicted molar refractivity (Wildman–Crippen MR) is 84.3 cm³/mol. The van der Waals surface area contributed by atoms with Gasteiger partial charge in [0.25, 0.3) is 0 Å². The van der Waals surface area contributed by atoms with Gasteiger partial charge in [0.05, 0.1) is 0 Å². The van der Waals surface area contributed by atoms with Crippen LogP contribution in [0.15, 0.2) is 6.20 Å². The molecule has 5 heteroatoms. The minimum absolute atomic E-state index is 0.0548. The predicted octanol–water partition coefficient (Wildman–Crippen LogP) is 3.37. The van der Waals surface area contributed by atoms with Crippen molar-refractivity contribution in [3.8, 4) is 0 Å². The third-order valence-electron chi connectivity index (χ3n) is 4.11. The summed E-state index contributed by atoms with van der Waals surface area (Å²) in [4.78, 5) is 17.7. The van der Waals surface area contributed by atoms with E-state index in [-0.39, 0.29) is 11.3 Å². The van der Waals surface area contributed by atoms with E-state index in [1.165, 1.54) is 17.7 Å². The molecule has 0 bridgehead atoms. The van der Waals surface area contributed by atoms with Gasteiger partial charge < -0.3 is 10.6 Å². The van der Waals surface area contributed by atoms with Crippen molar-refractivity contribution in [2.45, 2.75) is 52.4 Å². The Bertz CT molecular complexity index is 450. The third kappa shape index (κ3) is 4.28. The lowest BCUT2D eigenvalue weighted by Gasteiger charge is -2.21. The zero-order valence-corrected chi connectivity index (χ0v) is 13.5. The summed E-state index contributed by atoms with van der Waals surface area (Å²) >= 11 is 1.63. The van der Waals surface area contributed by atoms with Crippen LogP contribution in [0.2, 0.25) is 0 Å². The van der Waals surface area contributed by atoms with Crippen LogP contribution < -0.4 is 10.6 Å². The summed E-state index contributed by atoms with van der Waals surface area (Å²) in [6.07, 6.45) is 5.81. The number of nitrogens with one attached hydrogen (secondary N) is 2. The number of rotatable bonds is 5. The van der Waals surface area contributed by atoms with E-state index >= 15 is 0 Å². The number of hydrogen-bond acceptors (Lipinski definition) is 4. The van der Waals surface area contributed by atoms with E-state index in [2.05, 4.69) is 36.4 Å². The van der Waals surface area contributed by atoms with Gasteiger partial charge in [0.2, 0.25) is 5.91 Å². The molecule has 1 saturated heterocycles. The molecule has 4 nitrogen and oxygen atoms in total. The first-order valence-corrected chi connectivity index (χ1v) is 8.28. The quantitative estimate of drug-likeness (QED) is 0.875. The number of carbonyl (C=O) groups is 1. The van der Waals surface area contributed by atoms with E-state index in [0.717, 1.165) is 24.6 Å². The van der Waals surface area contributed by atoms with E-state index in [9.17, 15) is 4.79 Å². The van der Waals surface area contributed by atoms with Gasteiger partial charge in [-0.1, -0.05) is 27.2 Å². The summed E-state index contributed by atoms with van der Waals surface area (Å²) in [6.45, 7) is 8.51. The maximum atomic E-state index is 12.0. The van der Waals surface area contributed by atoms with Crippen molar-refractivity contribution in [1.29, 1.82) is 0 Å². The van der Waals surface area contributed by atoms with Crippen molar-refractivity contribution in [2.75, 3.05) is 18.4 Å². The number of hydrogen-bond donors (Lipinski definition) is 2. The molecule has 1 aromatic rings. The molecule has 0 aliphatic carbocycles. The largest absolute Gasteiger partial charge is 0.317 e. The molecule has 20 heavy (non-hydrogen) atoms. The second-order valence-corrected chi connectivity index (χ2v) is 7.40. The molecule has 0 atom stereocenters. The fourth-order valence-corrected chi connectivity index (χ4v) is 3.36. The van der Waals surface area contributed by atoms with Crippen LogP contribution in [0.3, 0.4) is 0 Å². The van der Waals surface area contributed by atoms with Gasteiger partial charge >= 0.3 is 0 Å². The summed E-state index contributed by atoms with van der Waals surface area (Å²) in [7, 11) is 0. The monoisotopic (exact) mass is 295 g/mol. The second kappa shape index (κ2) is 6.68. The van der Waals surface area contributed by atoms with Crippen LogP contribution in [0.1, 0.15) is 57.2 Å². The Kier molecular flexibility index (Phi) is 5.16. The van der Waals surface area contributed by atoms with E-state index in [4.69, 9.17) is 0 Å². The van der Waals surface area contributed by atoms with E-state index in [1.54, 1.807) is 11.3 Å². The van der Waals surface area contributed by atoms with Crippen LogP contribution in [0.25, 0.3) is 0 Å². The highest BCUT2D eigenvalue weighted by Gasteiger charge is 2.21. The van der Waals surface area contributed by atoms with E-state index in [0.29, 0.717) is 12.3 Å². The Labute approximate surface area is 125 Å². The first kappa shape index (κ1) is 15.4. The number of nitrogens with zero attached hydrogens (tertiary/aromatic N) is 1. The van der Waals surface area contributed by atoms with Gasteiger partial charge in [0.1, 0.15) is 0 Å². The Hall–Kier alpha value is -0.940. The van der Waals surface area contributed by atoms with Gasteiger partial charge in [-0.2, -0.15) is 0 Å². The molecule has 1 aromatic heterocycles. The van der Waals surface area contributed by atoms with Crippen LogP contribution in [-0.4, -0.2) is 24.0 Å². The fraction of sp³-hybridized carbons (Fsp3) is 0.733. The lowest BCUT2D eigenvalue weighted by atomic mass is 9.86. The van der Waals surface area contributed by atoms with Crippen molar-refractivity contribution < 1.29 is 4.79 Å². The highest BCUT2D eigenvalue weighted by atomic mass is 32.1. The molecule has 0 aromatic carbocycles. The number of piperidine rings is 1. The first-order chi connectivity index (χ1) is 9.50. The molecule has 1 aliphatic heterocycles. The number of thiazole rings is 1. The summed E-state index contributed by atoms with van der Waals surface area (Å²) in [5, 5.41) is 7.06. The Balaban J connectivity index is 1.90. The first-order valence-electron chi connectivity index (χ1n) is 7.46. The Morgan fingerprint density at radius 3 is 2.85 bits per heavy atom. The molecule has 1 aliphatic rings. The highest BCUT2D eigenvalue weighted by Crippen LogP contribution is 2.32. The molecule has 0 radical (unpaired) electrons. The molecule has 2 rings (SSSR count). The molecule has 1 amide bonds. The molecule has 0 saturated carbocycles. The number of carbonyl (C=O) groups excluding carboxylic acids is 1. The molecule has 2 N–H and O–H groups in total. The minimum atomic E-state index is 0.0548. The smallest absolute Gasteiger partial charge is 0.226 e. The maximum absolute atomic E-state index is 12.0. The minimum Gasteiger partial charge on any atom is -0.317 e. The van der Waals surface area contributed by atoms with Gasteiger partial charge in [0, 0.05) is 17.5 Å². The molecule has 1 fully saturated rings. The number of anilines is 1. The highest BCUT2D eigenvalue weighted by molar-refractivity contribution is 7.15. The van der Waals surface area contributed by atoms with Crippen LogP contribution in [0.4, 0.5) is 5.13 Å². The molecule has 112 valence electrons. The van der Waals surface area contributed by atoms with E-state index < -0.39 is 0 Å². The van der Waals surface area contributed by atoms with Gasteiger partial charge in [-0.25, -0.2) is 4.98 Å². The maximum Gasteiger partial charge on any atom is 0.226 e. The number of amides is 1. The van der Waals surface area contributed by atoms with Crippen LogP contribution >= 0.6 is 11.3 Å². The van der Waals surface area contributed by atoms with Crippen LogP contribution in [-0.2, 0) is 4.79 Å². The van der Waals surface area contributed by atoms with Crippen molar-refractivity contribution in [3.63, 3.8) is 0 Å². The van der Waals surface area contributed by atoms with Crippen molar-refractivity contribution in [1.82, 2.24) is 10.3 Å². The number of aromatic nitrogens is 1. The summed E-state index contributed by atoms with van der Waals surface area (Å²) < 4.78 is 0. The fourth-order valence-electron chi connectivity index (χ4n) is 2.36. The van der Waals surface area contributed by atoms with Crippen molar-refractivity contribution in [3.05, 3.63) is 11.1 Å².